The summed E-state index contributed by atoms with van der Waals surface area (Å²) in [6.07, 6.45) is 5.63. The molecule has 8 nitrogen and oxygen atoms in total. The molecule has 0 saturated carbocycles. The number of benzene rings is 1. The first-order chi connectivity index (χ1) is 15.7. The molecule has 2 aromatic heterocycles. The van der Waals surface area contributed by atoms with Crippen molar-refractivity contribution >= 4 is 5.96 Å². The molecule has 1 fully saturated rings. The maximum Gasteiger partial charge on any atom is 0.213 e. The predicted octanol–water partition coefficient (Wildman–Crippen LogP) is 2.93. The number of guanidine groups is 1. The Morgan fingerprint density at radius 3 is 2.91 bits per heavy atom. The van der Waals surface area contributed by atoms with Gasteiger partial charge in [-0.1, -0.05) is 30.3 Å². The number of morpholine rings is 1. The summed E-state index contributed by atoms with van der Waals surface area (Å²) >= 11 is 0. The van der Waals surface area contributed by atoms with Gasteiger partial charge in [-0.15, -0.1) is 0 Å². The summed E-state index contributed by atoms with van der Waals surface area (Å²) in [5, 5.41) is 7.68. The van der Waals surface area contributed by atoms with Gasteiger partial charge in [0, 0.05) is 44.2 Å². The summed E-state index contributed by atoms with van der Waals surface area (Å²) in [4.78, 5) is 11.5. The molecular weight excluding hydrogens is 404 g/mol. The lowest BCUT2D eigenvalue weighted by Gasteiger charge is -2.34. The number of rotatable bonds is 7. The maximum absolute atomic E-state index is 5.98. The van der Waals surface area contributed by atoms with Crippen LogP contribution in [0.4, 0.5) is 0 Å². The van der Waals surface area contributed by atoms with Crippen molar-refractivity contribution in [3.8, 4) is 5.88 Å². The Morgan fingerprint density at radius 1 is 1.25 bits per heavy atom. The second kappa shape index (κ2) is 10.8. The molecule has 168 valence electrons. The van der Waals surface area contributed by atoms with Crippen LogP contribution in [0.15, 0.2) is 66.0 Å². The van der Waals surface area contributed by atoms with Crippen molar-refractivity contribution in [3.05, 3.63) is 77.7 Å². The summed E-state index contributed by atoms with van der Waals surface area (Å²) in [6.45, 7) is 6.10. The molecule has 3 aromatic rings. The fourth-order valence-corrected chi connectivity index (χ4v) is 3.60. The molecule has 32 heavy (non-hydrogen) atoms. The van der Waals surface area contributed by atoms with Crippen molar-refractivity contribution in [1.82, 2.24) is 25.0 Å². The number of aliphatic imine (C=N–C) groups is 1. The van der Waals surface area contributed by atoms with Crippen molar-refractivity contribution in [1.29, 1.82) is 0 Å². The van der Waals surface area contributed by atoms with Crippen LogP contribution in [0.3, 0.4) is 0 Å². The molecule has 3 heterocycles. The number of hydrogen-bond donors (Lipinski definition) is 1. The Kier molecular flexibility index (Phi) is 7.34. The van der Waals surface area contributed by atoms with E-state index in [0.29, 0.717) is 25.6 Å². The maximum atomic E-state index is 5.98. The summed E-state index contributed by atoms with van der Waals surface area (Å²) < 4.78 is 13.6. The predicted molar refractivity (Wildman–Crippen MR) is 123 cm³/mol. The smallest absolute Gasteiger partial charge is 0.213 e. The van der Waals surface area contributed by atoms with Crippen molar-refractivity contribution < 1.29 is 9.47 Å². The van der Waals surface area contributed by atoms with Gasteiger partial charge in [-0.3, -0.25) is 4.68 Å². The molecule has 1 saturated heterocycles. The zero-order valence-corrected chi connectivity index (χ0v) is 18.6. The van der Waals surface area contributed by atoms with Crippen LogP contribution in [0.25, 0.3) is 0 Å². The van der Waals surface area contributed by atoms with Crippen LogP contribution in [0.1, 0.15) is 29.7 Å². The van der Waals surface area contributed by atoms with Crippen molar-refractivity contribution in [2.45, 2.75) is 26.2 Å². The number of hydrogen-bond acceptors (Lipinski definition) is 5. The zero-order chi connectivity index (χ0) is 22.2. The summed E-state index contributed by atoms with van der Waals surface area (Å²) in [5.74, 6) is 1.49. The van der Waals surface area contributed by atoms with Gasteiger partial charge in [0.15, 0.2) is 5.96 Å². The molecule has 1 atom stereocenters. The highest BCUT2D eigenvalue weighted by Gasteiger charge is 2.25. The van der Waals surface area contributed by atoms with Gasteiger partial charge in [-0.05, 0) is 24.1 Å². The first-order valence-electron chi connectivity index (χ1n) is 11.0. The van der Waals surface area contributed by atoms with Crippen LogP contribution >= 0.6 is 0 Å². The Morgan fingerprint density at radius 2 is 2.12 bits per heavy atom. The molecule has 4 rings (SSSR count). The molecule has 0 bridgehead atoms. The van der Waals surface area contributed by atoms with Crippen molar-refractivity contribution in [2.75, 3.05) is 26.2 Å². The molecule has 1 aromatic carbocycles. The van der Waals surface area contributed by atoms with Gasteiger partial charge >= 0.3 is 0 Å². The first kappa shape index (κ1) is 21.8. The van der Waals surface area contributed by atoms with E-state index in [1.54, 1.807) is 10.9 Å². The minimum atomic E-state index is -0.0137. The van der Waals surface area contributed by atoms with Crippen LogP contribution in [-0.4, -0.2) is 51.9 Å². The number of pyridine rings is 1. The lowest BCUT2D eigenvalue weighted by Crippen LogP contribution is -2.48. The van der Waals surface area contributed by atoms with E-state index in [4.69, 9.17) is 14.5 Å². The molecule has 0 spiro atoms. The molecule has 0 radical (unpaired) electrons. The normalized spacial score (nSPS) is 16.8. The fraction of sp³-hybridized carbons (Fsp3) is 0.375. The number of nitrogens with zero attached hydrogens (tertiary/aromatic N) is 5. The Balaban J connectivity index is 1.40. The molecule has 0 aliphatic carbocycles. The molecular formula is C24H30N6O2. The highest BCUT2D eigenvalue weighted by molar-refractivity contribution is 5.80. The SMILES string of the molecule is CCNC(=NCc1ccnc(OCc2ccccc2)c1)N1CCOC(c2cnn(C)c2)C1. The number of nitrogens with one attached hydrogen (secondary N) is 1. The lowest BCUT2D eigenvalue weighted by molar-refractivity contribution is -0.00805. The average molecular weight is 435 g/mol. The molecule has 1 unspecified atom stereocenters. The molecule has 1 aliphatic rings. The van der Waals surface area contributed by atoms with Crippen LogP contribution in [0.5, 0.6) is 5.88 Å². The minimum absolute atomic E-state index is 0.0137. The minimum Gasteiger partial charge on any atom is -0.473 e. The summed E-state index contributed by atoms with van der Waals surface area (Å²) in [7, 11) is 1.92. The third kappa shape index (κ3) is 5.85. The summed E-state index contributed by atoms with van der Waals surface area (Å²) in [5.41, 5.74) is 3.25. The quantitative estimate of drug-likeness (QED) is 0.455. The highest BCUT2D eigenvalue weighted by Crippen LogP contribution is 2.22. The van der Waals surface area contributed by atoms with E-state index in [-0.39, 0.29) is 6.10 Å². The van der Waals surface area contributed by atoms with Crippen LogP contribution in [0, 0.1) is 0 Å². The van der Waals surface area contributed by atoms with E-state index in [1.807, 2.05) is 61.9 Å². The Bertz CT molecular complexity index is 1020. The van der Waals surface area contributed by atoms with Crippen LogP contribution < -0.4 is 10.1 Å². The van der Waals surface area contributed by atoms with Gasteiger partial charge in [-0.2, -0.15) is 5.10 Å². The van der Waals surface area contributed by atoms with Gasteiger partial charge < -0.3 is 19.7 Å². The number of aromatic nitrogens is 3. The topological polar surface area (TPSA) is 76.8 Å². The third-order valence-corrected chi connectivity index (χ3v) is 5.24. The molecule has 8 heteroatoms. The molecule has 1 N–H and O–H groups in total. The van der Waals surface area contributed by atoms with E-state index < -0.39 is 0 Å². The van der Waals surface area contributed by atoms with E-state index in [1.165, 1.54) is 0 Å². The van der Waals surface area contributed by atoms with Gasteiger partial charge in [0.25, 0.3) is 0 Å². The Labute approximate surface area is 188 Å². The lowest BCUT2D eigenvalue weighted by atomic mass is 10.1. The van der Waals surface area contributed by atoms with Crippen LogP contribution in [-0.2, 0) is 24.9 Å². The first-order valence-corrected chi connectivity index (χ1v) is 11.0. The van der Waals surface area contributed by atoms with E-state index in [9.17, 15) is 0 Å². The fourth-order valence-electron chi connectivity index (χ4n) is 3.60. The van der Waals surface area contributed by atoms with Gasteiger partial charge in [0.2, 0.25) is 5.88 Å². The standard InChI is InChI=1S/C24H30N6O2/c1-3-25-24(30-11-12-31-22(17-30)21-15-28-29(2)16-21)27-14-20-9-10-26-23(13-20)32-18-19-7-5-4-6-8-19/h4-10,13,15-16,22H,3,11-12,14,17-18H2,1-2H3,(H,25,27). The van der Waals surface area contributed by atoms with E-state index in [2.05, 4.69) is 27.2 Å². The monoisotopic (exact) mass is 434 g/mol. The zero-order valence-electron chi connectivity index (χ0n) is 18.6. The van der Waals surface area contributed by atoms with E-state index in [0.717, 1.165) is 42.3 Å². The van der Waals surface area contributed by atoms with Crippen molar-refractivity contribution in [2.24, 2.45) is 12.0 Å². The second-order valence-electron chi connectivity index (χ2n) is 7.70. The number of aryl methyl sites for hydroxylation is 1. The number of ether oxygens (including phenoxy) is 2. The third-order valence-electron chi connectivity index (χ3n) is 5.24. The molecule has 0 amide bonds. The second-order valence-corrected chi connectivity index (χ2v) is 7.70. The summed E-state index contributed by atoms with van der Waals surface area (Å²) in [6, 6.07) is 14.0. The average Bonchev–Trinajstić information content (AvgIpc) is 3.28. The molecule has 1 aliphatic heterocycles. The van der Waals surface area contributed by atoms with Gasteiger partial charge in [-0.25, -0.2) is 9.98 Å². The highest BCUT2D eigenvalue weighted by atomic mass is 16.5. The van der Waals surface area contributed by atoms with Gasteiger partial charge in [0.1, 0.15) is 12.7 Å². The van der Waals surface area contributed by atoms with Crippen LogP contribution in [0.2, 0.25) is 0 Å². The van der Waals surface area contributed by atoms with Crippen molar-refractivity contribution in [3.63, 3.8) is 0 Å². The van der Waals surface area contributed by atoms with Gasteiger partial charge in [0.05, 0.1) is 25.9 Å². The van der Waals surface area contributed by atoms with E-state index >= 15 is 0 Å². The largest absolute Gasteiger partial charge is 0.473 e. The Hall–Kier alpha value is -3.39.